The fourth-order valence-corrected chi connectivity index (χ4v) is 5.38. The number of carbonyl (C=O) groups excluding carboxylic acids is 1. The first-order valence-electron chi connectivity index (χ1n) is 12.0. The van der Waals surface area contributed by atoms with Gasteiger partial charge in [-0.2, -0.15) is 0 Å². The van der Waals surface area contributed by atoms with Crippen molar-refractivity contribution in [1.29, 1.82) is 0 Å². The molecule has 4 aromatic rings. The van der Waals surface area contributed by atoms with Crippen LogP contribution in [0.5, 0.6) is 5.75 Å². The average Bonchev–Trinajstić information content (AvgIpc) is 3.53. The molecule has 1 aliphatic heterocycles. The summed E-state index contributed by atoms with van der Waals surface area (Å²) in [6.07, 6.45) is 9.51. The SMILES string of the molecule is COc1ccc(CN2C(=O)C(=Cc3c(NCCCn4ccnc4)nc4c(C)cccn4c3=O)SC2=S)cc1. The van der Waals surface area contributed by atoms with Gasteiger partial charge in [-0.05, 0) is 48.7 Å². The molecule has 194 valence electrons. The number of methoxy groups -OCH3 is 1. The molecule has 0 saturated carbocycles. The minimum Gasteiger partial charge on any atom is -0.497 e. The Morgan fingerprint density at radius 2 is 1.97 bits per heavy atom. The first-order chi connectivity index (χ1) is 18.4. The molecule has 0 spiro atoms. The minimum absolute atomic E-state index is 0.240. The number of hydrogen-bond acceptors (Lipinski definition) is 8. The number of amides is 1. The van der Waals surface area contributed by atoms with Crippen LogP contribution < -0.4 is 15.6 Å². The van der Waals surface area contributed by atoms with E-state index in [0.29, 0.717) is 39.3 Å². The lowest BCUT2D eigenvalue weighted by Gasteiger charge is -2.15. The van der Waals surface area contributed by atoms with Crippen LogP contribution in [0.25, 0.3) is 11.7 Å². The normalized spacial score (nSPS) is 14.6. The standard InChI is InChI=1S/C27H26N6O3S2/c1-18-5-3-13-32-24(18)30-23(29-10-4-12-31-14-11-28-17-31)21(25(32)34)15-22-26(35)33(27(37)38-22)16-19-6-8-20(36-2)9-7-19/h3,5-9,11,13-15,17,29H,4,10,12,16H2,1-2H3. The summed E-state index contributed by atoms with van der Waals surface area (Å²) in [5.41, 5.74) is 2.44. The van der Waals surface area contributed by atoms with Gasteiger partial charge in [0.05, 0.1) is 30.5 Å². The lowest BCUT2D eigenvalue weighted by atomic mass is 10.2. The van der Waals surface area contributed by atoms with Gasteiger partial charge in [-0.3, -0.25) is 18.9 Å². The van der Waals surface area contributed by atoms with Gasteiger partial charge < -0.3 is 14.6 Å². The molecule has 4 heterocycles. The van der Waals surface area contributed by atoms with Crippen molar-refractivity contribution in [2.75, 3.05) is 19.0 Å². The number of carbonyl (C=O) groups is 1. The Balaban J connectivity index is 1.43. The zero-order valence-electron chi connectivity index (χ0n) is 21.0. The first-order valence-corrected chi connectivity index (χ1v) is 13.3. The Bertz CT molecular complexity index is 1580. The van der Waals surface area contributed by atoms with Crippen LogP contribution in [0.2, 0.25) is 0 Å². The predicted octanol–water partition coefficient (Wildman–Crippen LogP) is 4.11. The number of fused-ring (bicyclic) bond motifs is 1. The molecule has 9 nitrogen and oxygen atoms in total. The van der Waals surface area contributed by atoms with Gasteiger partial charge >= 0.3 is 0 Å². The van der Waals surface area contributed by atoms with Gasteiger partial charge in [0.15, 0.2) is 0 Å². The maximum atomic E-state index is 13.6. The molecule has 38 heavy (non-hydrogen) atoms. The third-order valence-electron chi connectivity index (χ3n) is 6.18. The molecule has 1 aromatic carbocycles. The number of thiocarbonyl (C=S) groups is 1. The highest BCUT2D eigenvalue weighted by atomic mass is 32.2. The summed E-state index contributed by atoms with van der Waals surface area (Å²) < 4.78 is 9.15. The molecule has 0 unspecified atom stereocenters. The summed E-state index contributed by atoms with van der Waals surface area (Å²) in [7, 11) is 1.61. The third kappa shape index (κ3) is 5.34. The second-order valence-electron chi connectivity index (χ2n) is 8.76. The van der Waals surface area contributed by atoms with Crippen LogP contribution in [0, 0.1) is 6.92 Å². The fourth-order valence-electron chi connectivity index (χ4n) is 4.14. The molecule has 1 saturated heterocycles. The van der Waals surface area contributed by atoms with Gasteiger partial charge in [0.1, 0.15) is 21.5 Å². The third-order valence-corrected chi connectivity index (χ3v) is 7.56. The smallest absolute Gasteiger partial charge is 0.267 e. The molecule has 0 atom stereocenters. The van der Waals surface area contributed by atoms with E-state index in [4.69, 9.17) is 21.9 Å². The number of ether oxygens (including phenoxy) is 1. The topological polar surface area (TPSA) is 93.8 Å². The molecule has 1 aliphatic rings. The molecule has 0 radical (unpaired) electrons. The van der Waals surface area contributed by atoms with Crippen molar-refractivity contribution >= 4 is 51.7 Å². The molecule has 1 N–H and O–H groups in total. The Morgan fingerprint density at radius 3 is 2.71 bits per heavy atom. The van der Waals surface area contributed by atoms with E-state index in [1.54, 1.807) is 36.8 Å². The number of benzene rings is 1. The highest BCUT2D eigenvalue weighted by Crippen LogP contribution is 2.34. The molecule has 5 rings (SSSR count). The number of pyridine rings is 1. The van der Waals surface area contributed by atoms with E-state index < -0.39 is 0 Å². The molecule has 0 bridgehead atoms. The molecule has 3 aromatic heterocycles. The maximum Gasteiger partial charge on any atom is 0.267 e. The summed E-state index contributed by atoms with van der Waals surface area (Å²) in [6.45, 7) is 3.61. The van der Waals surface area contributed by atoms with E-state index in [2.05, 4.69) is 10.3 Å². The second-order valence-corrected chi connectivity index (χ2v) is 10.4. The molecule has 0 aliphatic carbocycles. The first kappa shape index (κ1) is 25.7. The highest BCUT2D eigenvalue weighted by molar-refractivity contribution is 8.26. The number of imidazole rings is 1. The fraction of sp³-hybridized carbons (Fsp3) is 0.222. The van der Waals surface area contributed by atoms with Crippen molar-refractivity contribution in [2.45, 2.75) is 26.4 Å². The van der Waals surface area contributed by atoms with Crippen LogP contribution in [0.1, 0.15) is 23.1 Å². The van der Waals surface area contributed by atoms with Crippen molar-refractivity contribution < 1.29 is 9.53 Å². The molecular formula is C27H26N6O3S2. The molecular weight excluding hydrogens is 520 g/mol. The number of nitrogens with one attached hydrogen (secondary N) is 1. The highest BCUT2D eigenvalue weighted by Gasteiger charge is 2.32. The van der Waals surface area contributed by atoms with Gasteiger partial charge in [0.2, 0.25) is 0 Å². The summed E-state index contributed by atoms with van der Waals surface area (Å²) in [6, 6.07) is 11.2. The quantitative estimate of drug-likeness (QED) is 0.190. The second kappa shape index (κ2) is 11.2. The van der Waals surface area contributed by atoms with Crippen LogP contribution in [-0.2, 0) is 17.9 Å². The van der Waals surface area contributed by atoms with Crippen LogP contribution in [-0.4, -0.2) is 47.7 Å². The minimum atomic E-state index is -0.253. The number of aromatic nitrogens is 4. The predicted molar refractivity (Wildman–Crippen MR) is 153 cm³/mol. The van der Waals surface area contributed by atoms with Gasteiger partial charge in [-0.1, -0.05) is 42.2 Å². The number of nitrogens with zero attached hydrogens (tertiary/aromatic N) is 5. The molecule has 1 amide bonds. The van der Waals surface area contributed by atoms with E-state index in [-0.39, 0.29) is 11.5 Å². The number of rotatable bonds is 9. The van der Waals surface area contributed by atoms with Crippen LogP contribution in [0.4, 0.5) is 5.82 Å². The van der Waals surface area contributed by atoms with E-state index in [1.807, 2.05) is 54.1 Å². The van der Waals surface area contributed by atoms with Gasteiger partial charge in [-0.25, -0.2) is 9.97 Å². The Hall–Kier alpha value is -3.96. The van der Waals surface area contributed by atoms with Gasteiger partial charge in [0.25, 0.3) is 11.5 Å². The Morgan fingerprint density at radius 1 is 1.16 bits per heavy atom. The van der Waals surface area contributed by atoms with Crippen molar-refractivity contribution in [1.82, 2.24) is 23.8 Å². The lowest BCUT2D eigenvalue weighted by Crippen LogP contribution is -2.27. The van der Waals surface area contributed by atoms with E-state index in [1.165, 1.54) is 16.2 Å². The monoisotopic (exact) mass is 546 g/mol. The summed E-state index contributed by atoms with van der Waals surface area (Å²) >= 11 is 6.71. The zero-order chi connectivity index (χ0) is 26.6. The summed E-state index contributed by atoms with van der Waals surface area (Å²) in [5, 5.41) is 3.32. The number of thioether (sulfide) groups is 1. The van der Waals surface area contributed by atoms with Crippen LogP contribution in [0.3, 0.4) is 0 Å². The van der Waals surface area contributed by atoms with Crippen LogP contribution >= 0.6 is 24.0 Å². The summed E-state index contributed by atoms with van der Waals surface area (Å²) in [5.74, 6) is 0.939. The summed E-state index contributed by atoms with van der Waals surface area (Å²) in [4.78, 5) is 37.7. The molecule has 1 fully saturated rings. The van der Waals surface area contributed by atoms with Crippen molar-refractivity contribution in [3.63, 3.8) is 0 Å². The van der Waals surface area contributed by atoms with E-state index >= 15 is 0 Å². The van der Waals surface area contributed by atoms with Crippen molar-refractivity contribution in [2.24, 2.45) is 0 Å². The lowest BCUT2D eigenvalue weighted by molar-refractivity contribution is -0.122. The van der Waals surface area contributed by atoms with Crippen molar-refractivity contribution in [3.8, 4) is 5.75 Å². The maximum absolute atomic E-state index is 13.6. The van der Waals surface area contributed by atoms with Gasteiger partial charge in [0, 0.05) is 31.7 Å². The Kier molecular flexibility index (Phi) is 7.57. The zero-order valence-corrected chi connectivity index (χ0v) is 22.6. The Labute approximate surface area is 229 Å². The number of aryl methyl sites for hydroxylation is 2. The number of hydrogen-bond donors (Lipinski definition) is 1. The van der Waals surface area contributed by atoms with Gasteiger partial charge in [-0.15, -0.1) is 0 Å². The van der Waals surface area contributed by atoms with E-state index in [9.17, 15) is 9.59 Å². The van der Waals surface area contributed by atoms with Crippen LogP contribution in [0.15, 0.2) is 71.0 Å². The number of anilines is 1. The van der Waals surface area contributed by atoms with E-state index in [0.717, 1.165) is 29.8 Å². The van der Waals surface area contributed by atoms with Crippen molar-refractivity contribution in [3.05, 3.63) is 93.3 Å². The average molecular weight is 547 g/mol. The molecule has 11 heteroatoms. The largest absolute Gasteiger partial charge is 0.497 e.